The van der Waals surface area contributed by atoms with Crippen LogP contribution in [0.4, 0.5) is 17.3 Å². The number of hydrogen-bond acceptors (Lipinski definition) is 4. The van der Waals surface area contributed by atoms with Crippen molar-refractivity contribution >= 4 is 17.3 Å². The molecule has 2 heterocycles. The summed E-state index contributed by atoms with van der Waals surface area (Å²) in [6.45, 7) is 2.00. The third kappa shape index (κ3) is 2.22. The smallest absolute Gasteiger partial charge is 0.133 e. The first-order valence-corrected chi connectivity index (χ1v) is 4.66. The molecule has 3 N–H and O–H groups in total. The Morgan fingerprint density at radius 1 is 1.20 bits per heavy atom. The second-order valence-electron chi connectivity index (χ2n) is 3.27. The zero-order chi connectivity index (χ0) is 10.7. The van der Waals surface area contributed by atoms with Crippen LogP contribution in [0, 0.1) is 6.92 Å². The Morgan fingerprint density at radius 2 is 2.07 bits per heavy atom. The highest BCUT2D eigenvalue weighted by molar-refractivity contribution is 5.58. The fourth-order valence-electron chi connectivity index (χ4n) is 1.23. The average molecular weight is 200 g/mol. The monoisotopic (exact) mass is 200 g/mol. The zero-order valence-corrected chi connectivity index (χ0v) is 8.44. The van der Waals surface area contributed by atoms with E-state index in [-0.39, 0.29) is 0 Å². The van der Waals surface area contributed by atoms with Gasteiger partial charge < -0.3 is 11.1 Å². The molecule has 0 saturated carbocycles. The molecule has 0 aliphatic rings. The molecule has 0 fully saturated rings. The highest BCUT2D eigenvalue weighted by Crippen LogP contribution is 2.16. The van der Waals surface area contributed by atoms with Crippen molar-refractivity contribution in [2.45, 2.75) is 6.92 Å². The van der Waals surface area contributed by atoms with E-state index in [0.717, 1.165) is 17.1 Å². The normalized spacial score (nSPS) is 9.93. The molecule has 0 aliphatic carbocycles. The highest BCUT2D eigenvalue weighted by atomic mass is 15.0. The second kappa shape index (κ2) is 3.96. The minimum absolute atomic E-state index is 0.512. The number of nitrogens with two attached hydrogens (primary N) is 1. The molecule has 2 aromatic rings. The number of rotatable bonds is 2. The van der Waals surface area contributed by atoms with E-state index in [1.54, 1.807) is 18.5 Å². The molecule has 0 saturated heterocycles. The van der Waals surface area contributed by atoms with Crippen LogP contribution in [-0.4, -0.2) is 9.97 Å². The summed E-state index contributed by atoms with van der Waals surface area (Å²) in [6.07, 6.45) is 3.43. The number of anilines is 3. The molecule has 0 amide bonds. The summed E-state index contributed by atoms with van der Waals surface area (Å²) in [7, 11) is 0. The van der Waals surface area contributed by atoms with E-state index >= 15 is 0 Å². The van der Waals surface area contributed by atoms with Gasteiger partial charge in [0.2, 0.25) is 0 Å². The molecule has 2 rings (SSSR count). The van der Waals surface area contributed by atoms with Crippen LogP contribution in [0.1, 0.15) is 5.56 Å². The lowest BCUT2D eigenvalue weighted by molar-refractivity contribution is 1.24. The Labute approximate surface area is 88.2 Å². The van der Waals surface area contributed by atoms with Crippen LogP contribution < -0.4 is 11.1 Å². The lowest BCUT2D eigenvalue weighted by Crippen LogP contribution is -1.97. The number of nitrogen functional groups attached to an aromatic ring is 1. The number of hydrogen-bond donors (Lipinski definition) is 2. The Bertz CT molecular complexity index is 450. The summed E-state index contributed by atoms with van der Waals surface area (Å²) < 4.78 is 0. The quantitative estimate of drug-likeness (QED) is 0.779. The molecule has 0 bridgehead atoms. The Kier molecular flexibility index (Phi) is 2.49. The molecular formula is C11H12N4. The molecular weight excluding hydrogens is 188 g/mol. The van der Waals surface area contributed by atoms with Crippen LogP contribution >= 0.6 is 0 Å². The lowest BCUT2D eigenvalue weighted by Gasteiger charge is -2.07. The minimum atomic E-state index is 0.512. The first-order valence-electron chi connectivity index (χ1n) is 4.66. The van der Waals surface area contributed by atoms with Gasteiger partial charge in [-0.15, -0.1) is 0 Å². The fourth-order valence-corrected chi connectivity index (χ4v) is 1.23. The van der Waals surface area contributed by atoms with Gasteiger partial charge in [0.15, 0.2) is 0 Å². The molecule has 0 aliphatic heterocycles. The van der Waals surface area contributed by atoms with E-state index in [0.29, 0.717) is 5.82 Å². The van der Waals surface area contributed by atoms with Crippen LogP contribution in [0.3, 0.4) is 0 Å². The van der Waals surface area contributed by atoms with Crippen molar-refractivity contribution in [3.05, 3.63) is 42.2 Å². The maximum Gasteiger partial charge on any atom is 0.133 e. The molecule has 0 aromatic carbocycles. The Morgan fingerprint density at radius 3 is 2.73 bits per heavy atom. The van der Waals surface area contributed by atoms with Crippen molar-refractivity contribution in [2.75, 3.05) is 11.1 Å². The summed E-state index contributed by atoms with van der Waals surface area (Å²) in [4.78, 5) is 8.22. The number of nitrogens with one attached hydrogen (secondary N) is 1. The second-order valence-corrected chi connectivity index (χ2v) is 3.27. The van der Waals surface area contributed by atoms with Gasteiger partial charge in [-0.25, -0.2) is 9.97 Å². The molecule has 0 radical (unpaired) electrons. The predicted octanol–water partition coefficient (Wildman–Crippen LogP) is 2.11. The van der Waals surface area contributed by atoms with Crippen molar-refractivity contribution < 1.29 is 0 Å². The van der Waals surface area contributed by atoms with Crippen molar-refractivity contribution in [1.29, 1.82) is 0 Å². The summed E-state index contributed by atoms with van der Waals surface area (Å²) in [5.41, 5.74) is 7.47. The van der Waals surface area contributed by atoms with E-state index in [1.807, 2.05) is 25.1 Å². The predicted molar refractivity (Wildman–Crippen MR) is 60.9 cm³/mol. The topological polar surface area (TPSA) is 63.8 Å². The molecule has 76 valence electrons. The number of aromatic nitrogens is 2. The van der Waals surface area contributed by atoms with Crippen LogP contribution in [0.2, 0.25) is 0 Å². The first kappa shape index (κ1) is 9.45. The Balaban J connectivity index is 2.22. The molecule has 0 atom stereocenters. The van der Waals surface area contributed by atoms with Gasteiger partial charge in [-0.1, -0.05) is 6.07 Å². The van der Waals surface area contributed by atoms with E-state index < -0.39 is 0 Å². The van der Waals surface area contributed by atoms with Gasteiger partial charge >= 0.3 is 0 Å². The zero-order valence-electron chi connectivity index (χ0n) is 8.44. The maximum atomic E-state index is 5.50. The first-order chi connectivity index (χ1) is 7.25. The van der Waals surface area contributed by atoms with Gasteiger partial charge in [0, 0.05) is 6.20 Å². The van der Waals surface area contributed by atoms with Gasteiger partial charge in [-0.2, -0.15) is 0 Å². The summed E-state index contributed by atoms with van der Waals surface area (Å²) in [5.74, 6) is 1.35. The van der Waals surface area contributed by atoms with Crippen molar-refractivity contribution in [1.82, 2.24) is 9.97 Å². The molecule has 0 spiro atoms. The van der Waals surface area contributed by atoms with E-state index in [2.05, 4.69) is 15.3 Å². The number of nitrogens with zero attached hydrogens (tertiary/aromatic N) is 2. The molecule has 4 heteroatoms. The summed E-state index contributed by atoms with van der Waals surface area (Å²) in [5, 5.41) is 3.17. The summed E-state index contributed by atoms with van der Waals surface area (Å²) >= 11 is 0. The summed E-state index contributed by atoms with van der Waals surface area (Å²) in [6, 6.07) is 7.53. The van der Waals surface area contributed by atoms with Gasteiger partial charge in [-0.05, 0) is 30.7 Å². The van der Waals surface area contributed by atoms with E-state index in [1.165, 1.54) is 0 Å². The van der Waals surface area contributed by atoms with Crippen molar-refractivity contribution in [3.63, 3.8) is 0 Å². The van der Waals surface area contributed by atoms with Gasteiger partial charge in [0.05, 0.1) is 11.9 Å². The number of pyridine rings is 2. The van der Waals surface area contributed by atoms with E-state index in [4.69, 9.17) is 5.73 Å². The molecule has 15 heavy (non-hydrogen) atoms. The van der Waals surface area contributed by atoms with Crippen LogP contribution in [0.5, 0.6) is 0 Å². The average Bonchev–Trinajstić information content (AvgIpc) is 2.25. The van der Waals surface area contributed by atoms with Gasteiger partial charge in [-0.3, -0.25) is 0 Å². The van der Waals surface area contributed by atoms with Crippen molar-refractivity contribution in [2.24, 2.45) is 0 Å². The third-order valence-corrected chi connectivity index (χ3v) is 2.06. The minimum Gasteiger partial charge on any atom is -0.384 e. The highest BCUT2D eigenvalue weighted by Gasteiger charge is 1.98. The molecule has 4 nitrogen and oxygen atoms in total. The van der Waals surface area contributed by atoms with E-state index in [9.17, 15) is 0 Å². The Hall–Kier alpha value is -2.10. The molecule has 2 aromatic heterocycles. The maximum absolute atomic E-state index is 5.50. The van der Waals surface area contributed by atoms with Crippen molar-refractivity contribution in [3.8, 4) is 0 Å². The fraction of sp³-hybridized carbons (Fsp3) is 0.0909. The van der Waals surface area contributed by atoms with Gasteiger partial charge in [0.1, 0.15) is 11.6 Å². The number of aryl methyl sites for hydroxylation is 1. The lowest BCUT2D eigenvalue weighted by atomic mass is 10.3. The van der Waals surface area contributed by atoms with Crippen LogP contribution in [0.15, 0.2) is 36.7 Å². The molecule has 0 unspecified atom stereocenters. The third-order valence-electron chi connectivity index (χ3n) is 2.06. The largest absolute Gasteiger partial charge is 0.384 e. The standard InChI is InChI=1S/C11H12N4/c1-8-3-2-6-13-11(8)15-9-4-5-10(12)14-7-9/h2-7H,1H3,(H2,12,14)(H,13,15). The van der Waals surface area contributed by atoms with Crippen LogP contribution in [-0.2, 0) is 0 Å². The van der Waals surface area contributed by atoms with Gasteiger partial charge in [0.25, 0.3) is 0 Å². The SMILES string of the molecule is Cc1cccnc1Nc1ccc(N)nc1. The van der Waals surface area contributed by atoms with Crippen LogP contribution in [0.25, 0.3) is 0 Å².